The first-order valence-electron chi connectivity index (χ1n) is 6.55. The quantitative estimate of drug-likeness (QED) is 0.781. The van der Waals surface area contributed by atoms with Gasteiger partial charge in [-0.25, -0.2) is 0 Å². The molecule has 0 atom stereocenters. The van der Waals surface area contributed by atoms with Gasteiger partial charge < -0.3 is 5.11 Å². The first kappa shape index (κ1) is 11.9. The molecule has 0 aromatic rings. The van der Waals surface area contributed by atoms with Gasteiger partial charge in [0.05, 0.1) is 6.42 Å². The van der Waals surface area contributed by atoms with E-state index >= 15 is 0 Å². The number of carbonyl (C=O) groups is 1. The third-order valence-corrected chi connectivity index (χ3v) is 4.30. The van der Waals surface area contributed by atoms with Gasteiger partial charge in [-0.3, -0.25) is 9.69 Å². The molecule has 2 aliphatic rings. The van der Waals surface area contributed by atoms with Crippen LogP contribution in [0.3, 0.4) is 0 Å². The van der Waals surface area contributed by atoms with Gasteiger partial charge in [0.2, 0.25) is 0 Å². The maximum Gasteiger partial charge on any atom is 0.305 e. The number of carboxylic acid groups (broad SMARTS) is 1. The summed E-state index contributed by atoms with van der Waals surface area (Å²) in [4.78, 5) is 13.4. The van der Waals surface area contributed by atoms with E-state index in [-0.39, 0.29) is 5.54 Å². The van der Waals surface area contributed by atoms with Gasteiger partial charge in [0.1, 0.15) is 0 Å². The maximum absolute atomic E-state index is 11.1. The van der Waals surface area contributed by atoms with Crippen molar-refractivity contribution in [1.29, 1.82) is 0 Å². The van der Waals surface area contributed by atoms with Crippen LogP contribution in [0.5, 0.6) is 0 Å². The molecular formula is C13H23NO2. The lowest BCUT2D eigenvalue weighted by Gasteiger charge is -2.44. The van der Waals surface area contributed by atoms with Crippen molar-refractivity contribution >= 4 is 5.97 Å². The van der Waals surface area contributed by atoms with Gasteiger partial charge in [0.15, 0.2) is 0 Å². The third kappa shape index (κ3) is 2.76. The second-order valence-electron chi connectivity index (χ2n) is 5.68. The van der Waals surface area contributed by atoms with Crippen molar-refractivity contribution in [2.45, 2.75) is 56.9 Å². The molecule has 0 radical (unpaired) electrons. The highest BCUT2D eigenvalue weighted by atomic mass is 16.4. The second-order valence-corrected chi connectivity index (χ2v) is 5.68. The molecule has 0 aromatic heterocycles. The van der Waals surface area contributed by atoms with Crippen LogP contribution in [0.4, 0.5) is 0 Å². The fourth-order valence-corrected chi connectivity index (χ4v) is 3.07. The van der Waals surface area contributed by atoms with Gasteiger partial charge >= 0.3 is 5.97 Å². The van der Waals surface area contributed by atoms with E-state index in [4.69, 9.17) is 5.11 Å². The Morgan fingerprint density at radius 1 is 1.31 bits per heavy atom. The number of nitrogens with zero attached hydrogens (tertiary/aromatic N) is 1. The van der Waals surface area contributed by atoms with E-state index in [1.54, 1.807) is 0 Å². The average molecular weight is 225 g/mol. The van der Waals surface area contributed by atoms with Crippen molar-refractivity contribution < 1.29 is 9.90 Å². The number of carboxylic acids is 1. The monoisotopic (exact) mass is 225 g/mol. The van der Waals surface area contributed by atoms with Crippen molar-refractivity contribution in [1.82, 2.24) is 4.90 Å². The van der Waals surface area contributed by atoms with Gasteiger partial charge in [-0.1, -0.05) is 19.3 Å². The van der Waals surface area contributed by atoms with Crippen LogP contribution >= 0.6 is 0 Å². The van der Waals surface area contributed by atoms with E-state index in [1.165, 1.54) is 32.1 Å². The van der Waals surface area contributed by atoms with Crippen molar-refractivity contribution in [2.24, 2.45) is 5.92 Å². The first-order chi connectivity index (χ1) is 7.62. The Hall–Kier alpha value is -0.570. The molecular weight excluding hydrogens is 202 g/mol. The standard InChI is InChI=1S/C13H23NO2/c1-14(10-11-5-6-11)13(9-12(15)16)7-3-2-4-8-13/h11H,2-10H2,1H3,(H,15,16). The lowest BCUT2D eigenvalue weighted by atomic mass is 9.78. The Balaban J connectivity index is 2.01. The molecule has 0 heterocycles. The number of hydrogen-bond donors (Lipinski definition) is 1. The Morgan fingerprint density at radius 2 is 1.94 bits per heavy atom. The van der Waals surface area contributed by atoms with Crippen LogP contribution in [0.25, 0.3) is 0 Å². The zero-order chi connectivity index (χ0) is 11.6. The fourth-order valence-electron chi connectivity index (χ4n) is 3.07. The van der Waals surface area contributed by atoms with Gasteiger partial charge in [-0.15, -0.1) is 0 Å². The minimum atomic E-state index is -0.635. The summed E-state index contributed by atoms with van der Waals surface area (Å²) in [6.45, 7) is 1.10. The fraction of sp³-hybridized carbons (Fsp3) is 0.923. The van der Waals surface area contributed by atoms with Crippen molar-refractivity contribution in [2.75, 3.05) is 13.6 Å². The molecule has 0 unspecified atom stereocenters. The predicted molar refractivity (Wildman–Crippen MR) is 63.4 cm³/mol. The minimum absolute atomic E-state index is 0.0350. The van der Waals surface area contributed by atoms with Gasteiger partial charge in [0, 0.05) is 12.1 Å². The average Bonchev–Trinajstić information content (AvgIpc) is 3.02. The van der Waals surface area contributed by atoms with Gasteiger partial charge in [-0.05, 0) is 38.6 Å². The van der Waals surface area contributed by atoms with Crippen LogP contribution < -0.4 is 0 Å². The lowest BCUT2D eigenvalue weighted by molar-refractivity contribution is -0.141. The molecule has 3 nitrogen and oxygen atoms in total. The Bertz CT molecular complexity index is 255. The molecule has 0 spiro atoms. The molecule has 0 aliphatic heterocycles. The number of hydrogen-bond acceptors (Lipinski definition) is 2. The summed E-state index contributed by atoms with van der Waals surface area (Å²) in [5.74, 6) is 0.210. The molecule has 92 valence electrons. The molecule has 2 fully saturated rings. The van der Waals surface area contributed by atoms with Gasteiger partial charge in [-0.2, -0.15) is 0 Å². The third-order valence-electron chi connectivity index (χ3n) is 4.30. The molecule has 0 amide bonds. The molecule has 16 heavy (non-hydrogen) atoms. The van der Waals surface area contributed by atoms with Crippen LogP contribution in [0.15, 0.2) is 0 Å². The molecule has 2 aliphatic carbocycles. The van der Waals surface area contributed by atoms with Crippen LogP contribution in [0.2, 0.25) is 0 Å². The number of rotatable bonds is 5. The van der Waals surface area contributed by atoms with E-state index < -0.39 is 5.97 Å². The van der Waals surface area contributed by atoms with Crippen molar-refractivity contribution in [3.05, 3.63) is 0 Å². The Kier molecular flexibility index (Phi) is 3.53. The summed E-state index contributed by atoms with van der Waals surface area (Å²) < 4.78 is 0. The van der Waals surface area contributed by atoms with E-state index in [2.05, 4.69) is 11.9 Å². The lowest BCUT2D eigenvalue weighted by Crippen LogP contribution is -2.50. The summed E-state index contributed by atoms with van der Waals surface area (Å²) in [5, 5.41) is 9.10. The van der Waals surface area contributed by atoms with Crippen molar-refractivity contribution in [3.8, 4) is 0 Å². The summed E-state index contributed by atoms with van der Waals surface area (Å²) in [7, 11) is 2.13. The smallest absolute Gasteiger partial charge is 0.305 e. The zero-order valence-corrected chi connectivity index (χ0v) is 10.2. The Labute approximate surface area is 97.8 Å². The zero-order valence-electron chi connectivity index (χ0n) is 10.2. The second kappa shape index (κ2) is 4.74. The van der Waals surface area contributed by atoms with E-state index in [1.807, 2.05) is 0 Å². The van der Waals surface area contributed by atoms with Crippen LogP contribution in [0.1, 0.15) is 51.4 Å². The molecule has 0 saturated heterocycles. The molecule has 2 rings (SSSR count). The van der Waals surface area contributed by atoms with E-state index in [0.29, 0.717) is 6.42 Å². The summed E-state index contributed by atoms with van der Waals surface area (Å²) in [6, 6.07) is 0. The summed E-state index contributed by atoms with van der Waals surface area (Å²) in [6.07, 6.45) is 8.82. The highest BCUT2D eigenvalue weighted by Gasteiger charge is 2.39. The predicted octanol–water partition coefficient (Wildman–Crippen LogP) is 2.51. The first-order valence-corrected chi connectivity index (χ1v) is 6.55. The molecule has 1 N–H and O–H groups in total. The van der Waals surface area contributed by atoms with Gasteiger partial charge in [0.25, 0.3) is 0 Å². The maximum atomic E-state index is 11.1. The SMILES string of the molecule is CN(CC1CC1)C1(CC(=O)O)CCCCC1. The summed E-state index contributed by atoms with van der Waals surface area (Å²) in [5.41, 5.74) is -0.0350. The van der Waals surface area contributed by atoms with Crippen molar-refractivity contribution in [3.63, 3.8) is 0 Å². The topological polar surface area (TPSA) is 40.5 Å². The summed E-state index contributed by atoms with van der Waals surface area (Å²) >= 11 is 0. The molecule has 0 aromatic carbocycles. The largest absolute Gasteiger partial charge is 0.481 e. The Morgan fingerprint density at radius 3 is 2.44 bits per heavy atom. The molecule has 2 saturated carbocycles. The van der Waals surface area contributed by atoms with Crippen LogP contribution in [0, 0.1) is 5.92 Å². The van der Waals surface area contributed by atoms with E-state index in [9.17, 15) is 4.79 Å². The van der Waals surface area contributed by atoms with E-state index in [0.717, 1.165) is 25.3 Å². The molecule has 3 heteroatoms. The minimum Gasteiger partial charge on any atom is -0.481 e. The van der Waals surface area contributed by atoms with Crippen LogP contribution in [-0.2, 0) is 4.79 Å². The normalized spacial score (nSPS) is 24.6. The highest BCUT2D eigenvalue weighted by molar-refractivity contribution is 5.68. The number of aliphatic carboxylic acids is 1. The highest BCUT2D eigenvalue weighted by Crippen LogP contribution is 2.39. The van der Waals surface area contributed by atoms with Crippen LogP contribution in [-0.4, -0.2) is 35.1 Å². The molecule has 0 bridgehead atoms.